The molecule has 0 spiro atoms. The van der Waals surface area contributed by atoms with Crippen molar-refractivity contribution in [2.75, 3.05) is 0 Å². The molecule has 0 aliphatic heterocycles. The molecule has 5 nitrogen and oxygen atoms in total. The van der Waals surface area contributed by atoms with Gasteiger partial charge in [0.1, 0.15) is 6.29 Å². The second kappa shape index (κ2) is 9.37. The van der Waals surface area contributed by atoms with Crippen molar-refractivity contribution in [2.24, 2.45) is 0 Å². The summed E-state index contributed by atoms with van der Waals surface area (Å²) in [7, 11) is 0. The lowest BCUT2D eigenvalue weighted by Crippen LogP contribution is -2.15. The Balaban J connectivity index is 2.10. The SMILES string of the molecule is CC(=O)SC(c1cnnn1-c1ccccc1)C(CC=O)c1ccc(Cl)c(Cl)c1. The Labute approximate surface area is 177 Å². The van der Waals surface area contributed by atoms with Crippen LogP contribution in [0.2, 0.25) is 10.0 Å². The standard InChI is InChI=1S/C20H17Cl2N3O2S/c1-13(27)28-20(16(9-10-26)14-7-8-17(21)18(22)11-14)19-12-23-24-25(19)15-5-3-2-4-6-15/h2-8,10-12,16,20H,9H2,1H3. The van der Waals surface area contributed by atoms with Gasteiger partial charge in [0, 0.05) is 19.3 Å². The molecule has 3 rings (SSSR count). The van der Waals surface area contributed by atoms with Crippen LogP contribution in [0.15, 0.2) is 54.7 Å². The summed E-state index contributed by atoms with van der Waals surface area (Å²) in [6.07, 6.45) is 2.68. The fourth-order valence-electron chi connectivity index (χ4n) is 3.02. The van der Waals surface area contributed by atoms with Gasteiger partial charge < -0.3 is 4.79 Å². The third-order valence-corrected chi connectivity index (χ3v) is 6.14. The number of hydrogen-bond donors (Lipinski definition) is 0. The highest BCUT2D eigenvalue weighted by atomic mass is 35.5. The van der Waals surface area contributed by atoms with E-state index in [4.69, 9.17) is 23.2 Å². The molecule has 0 aliphatic rings. The van der Waals surface area contributed by atoms with Gasteiger partial charge in [-0.2, -0.15) is 0 Å². The lowest BCUT2D eigenvalue weighted by atomic mass is 9.91. The summed E-state index contributed by atoms with van der Waals surface area (Å²) in [6.45, 7) is 1.50. The Hall–Kier alpha value is -2.15. The number of carbonyl (C=O) groups is 2. The lowest BCUT2D eigenvalue weighted by Gasteiger charge is -2.25. The maximum absolute atomic E-state index is 12.0. The van der Waals surface area contributed by atoms with Gasteiger partial charge in [0.2, 0.25) is 0 Å². The van der Waals surface area contributed by atoms with Gasteiger partial charge in [-0.25, -0.2) is 4.68 Å². The lowest BCUT2D eigenvalue weighted by molar-refractivity contribution is -0.109. The summed E-state index contributed by atoms with van der Waals surface area (Å²) in [5, 5.41) is 8.62. The molecule has 0 amide bonds. The van der Waals surface area contributed by atoms with Crippen LogP contribution in [-0.4, -0.2) is 26.4 Å². The largest absolute Gasteiger partial charge is 0.303 e. The Bertz CT molecular complexity index is 979. The molecule has 2 aromatic carbocycles. The van der Waals surface area contributed by atoms with E-state index < -0.39 is 0 Å². The van der Waals surface area contributed by atoms with Crippen LogP contribution < -0.4 is 0 Å². The number of halogens is 2. The smallest absolute Gasteiger partial charge is 0.186 e. The summed E-state index contributed by atoms with van der Waals surface area (Å²) < 4.78 is 1.69. The molecule has 28 heavy (non-hydrogen) atoms. The van der Waals surface area contributed by atoms with E-state index in [0.29, 0.717) is 10.0 Å². The molecule has 0 fully saturated rings. The predicted molar refractivity (Wildman–Crippen MR) is 112 cm³/mol. The minimum absolute atomic E-state index is 0.0678. The van der Waals surface area contributed by atoms with E-state index in [1.807, 2.05) is 36.4 Å². The average Bonchev–Trinajstić information content (AvgIpc) is 3.17. The molecule has 0 radical (unpaired) electrons. The molecule has 3 aromatic rings. The number of aromatic nitrogens is 3. The number of aldehydes is 1. The number of nitrogens with zero attached hydrogens (tertiary/aromatic N) is 3. The van der Waals surface area contributed by atoms with Crippen LogP contribution in [0.5, 0.6) is 0 Å². The van der Waals surface area contributed by atoms with Crippen LogP contribution in [0.1, 0.15) is 35.8 Å². The molecule has 0 aliphatic carbocycles. The van der Waals surface area contributed by atoms with Crippen LogP contribution in [0, 0.1) is 0 Å². The Kier molecular flexibility index (Phi) is 6.88. The molecule has 0 saturated heterocycles. The Morgan fingerprint density at radius 3 is 2.57 bits per heavy atom. The van der Waals surface area contributed by atoms with E-state index in [1.54, 1.807) is 23.0 Å². The van der Waals surface area contributed by atoms with Crippen molar-refractivity contribution < 1.29 is 9.59 Å². The highest BCUT2D eigenvalue weighted by Crippen LogP contribution is 2.44. The first-order chi connectivity index (χ1) is 13.5. The minimum atomic E-state index is -0.379. The van der Waals surface area contributed by atoms with Gasteiger partial charge in [0.15, 0.2) is 5.12 Å². The van der Waals surface area contributed by atoms with E-state index in [0.717, 1.165) is 35.0 Å². The molecule has 8 heteroatoms. The molecule has 0 bridgehead atoms. The number of rotatable bonds is 7. The highest BCUT2D eigenvalue weighted by molar-refractivity contribution is 8.13. The molecule has 2 unspecified atom stereocenters. The normalized spacial score (nSPS) is 13.1. The van der Waals surface area contributed by atoms with Gasteiger partial charge in [-0.15, -0.1) is 5.10 Å². The van der Waals surface area contributed by atoms with E-state index in [-0.39, 0.29) is 22.7 Å². The highest BCUT2D eigenvalue weighted by Gasteiger charge is 2.30. The van der Waals surface area contributed by atoms with Crippen molar-refractivity contribution in [1.29, 1.82) is 0 Å². The molecule has 1 aromatic heterocycles. The summed E-state index contributed by atoms with van der Waals surface area (Å²) >= 11 is 13.4. The van der Waals surface area contributed by atoms with Crippen molar-refractivity contribution >= 4 is 46.4 Å². The molecule has 2 atom stereocenters. The third-order valence-electron chi connectivity index (χ3n) is 4.25. The Morgan fingerprint density at radius 2 is 1.93 bits per heavy atom. The summed E-state index contributed by atoms with van der Waals surface area (Å²) in [5.74, 6) is -0.304. The average molecular weight is 434 g/mol. The second-order valence-electron chi connectivity index (χ2n) is 6.12. The maximum Gasteiger partial charge on any atom is 0.186 e. The molecular formula is C20H17Cl2N3O2S. The number of para-hydroxylation sites is 1. The van der Waals surface area contributed by atoms with Crippen molar-refractivity contribution in [1.82, 2.24) is 15.0 Å². The molecular weight excluding hydrogens is 417 g/mol. The van der Waals surface area contributed by atoms with Gasteiger partial charge in [-0.1, -0.05) is 64.4 Å². The van der Waals surface area contributed by atoms with Gasteiger partial charge in [0.25, 0.3) is 0 Å². The predicted octanol–water partition coefficient (Wildman–Crippen LogP) is 5.27. The van der Waals surface area contributed by atoms with Crippen LogP contribution in [0.4, 0.5) is 0 Å². The van der Waals surface area contributed by atoms with E-state index >= 15 is 0 Å². The monoisotopic (exact) mass is 433 g/mol. The van der Waals surface area contributed by atoms with Crippen molar-refractivity contribution in [3.8, 4) is 5.69 Å². The number of hydrogen-bond acceptors (Lipinski definition) is 5. The van der Waals surface area contributed by atoms with E-state index in [9.17, 15) is 9.59 Å². The first-order valence-electron chi connectivity index (χ1n) is 8.53. The zero-order valence-corrected chi connectivity index (χ0v) is 17.3. The van der Waals surface area contributed by atoms with Gasteiger partial charge >= 0.3 is 0 Å². The summed E-state index contributed by atoms with van der Waals surface area (Å²) in [5.41, 5.74) is 2.37. The zero-order chi connectivity index (χ0) is 20.1. The minimum Gasteiger partial charge on any atom is -0.303 e. The number of benzene rings is 2. The van der Waals surface area contributed by atoms with Crippen LogP contribution in [0.25, 0.3) is 5.69 Å². The van der Waals surface area contributed by atoms with Crippen LogP contribution in [-0.2, 0) is 9.59 Å². The second-order valence-corrected chi connectivity index (χ2v) is 8.25. The summed E-state index contributed by atoms with van der Waals surface area (Å²) in [4.78, 5) is 23.5. The molecule has 144 valence electrons. The number of thioether (sulfide) groups is 1. The quantitative estimate of drug-likeness (QED) is 0.474. The maximum atomic E-state index is 12.0. The van der Waals surface area contributed by atoms with Crippen molar-refractivity contribution in [2.45, 2.75) is 24.5 Å². The molecule has 0 N–H and O–H groups in total. The summed E-state index contributed by atoms with van der Waals surface area (Å²) in [6, 6.07) is 14.8. The van der Waals surface area contributed by atoms with Crippen molar-refractivity contribution in [3.63, 3.8) is 0 Å². The first kappa shape index (κ1) is 20.6. The van der Waals surface area contributed by atoms with Crippen molar-refractivity contribution in [3.05, 3.63) is 76.0 Å². The molecule has 1 heterocycles. The fourth-order valence-corrected chi connectivity index (χ4v) is 4.39. The Morgan fingerprint density at radius 1 is 1.18 bits per heavy atom. The van der Waals surface area contributed by atoms with Crippen LogP contribution >= 0.6 is 35.0 Å². The molecule has 0 saturated carbocycles. The zero-order valence-electron chi connectivity index (χ0n) is 15.0. The van der Waals surface area contributed by atoms with E-state index in [2.05, 4.69) is 10.3 Å². The third kappa shape index (κ3) is 4.63. The fraction of sp³-hybridized carbons (Fsp3) is 0.200. The van der Waals surface area contributed by atoms with Crippen LogP contribution in [0.3, 0.4) is 0 Å². The van der Waals surface area contributed by atoms with Gasteiger partial charge in [-0.3, -0.25) is 4.79 Å². The topological polar surface area (TPSA) is 64.8 Å². The number of carbonyl (C=O) groups excluding carboxylic acids is 2. The van der Waals surface area contributed by atoms with E-state index in [1.165, 1.54) is 6.92 Å². The van der Waals surface area contributed by atoms with Gasteiger partial charge in [0.05, 0.1) is 32.9 Å². The first-order valence-corrected chi connectivity index (χ1v) is 10.2. The van der Waals surface area contributed by atoms with Gasteiger partial charge in [-0.05, 0) is 29.8 Å².